The first-order valence-corrected chi connectivity index (χ1v) is 10.5. The van der Waals surface area contributed by atoms with Crippen molar-refractivity contribution < 1.29 is 38.2 Å². The van der Waals surface area contributed by atoms with Crippen LogP contribution in [-0.4, -0.2) is 62.6 Å². The zero-order valence-corrected chi connectivity index (χ0v) is 19.7. The number of nitrogens with one attached hydrogen (secondary N) is 3. The number of esters is 1. The van der Waals surface area contributed by atoms with Crippen LogP contribution in [0.2, 0.25) is 0 Å². The molecule has 0 bridgehead atoms. The molecule has 1 rings (SSSR count). The van der Waals surface area contributed by atoms with Gasteiger partial charge >= 0.3 is 12.1 Å². The van der Waals surface area contributed by atoms with Crippen LogP contribution in [0.5, 0.6) is 5.75 Å². The Labute approximate surface area is 197 Å². The second-order valence-corrected chi connectivity index (χ2v) is 7.78. The minimum absolute atomic E-state index is 0.0328. The minimum atomic E-state index is -1.35. The van der Waals surface area contributed by atoms with Crippen molar-refractivity contribution in [3.05, 3.63) is 29.8 Å². The molecular weight excluding hydrogens is 448 g/mol. The van der Waals surface area contributed by atoms with Gasteiger partial charge in [-0.15, -0.1) is 0 Å². The molecule has 0 saturated carbocycles. The van der Waals surface area contributed by atoms with Crippen molar-refractivity contribution in [1.29, 1.82) is 0 Å². The number of ether oxygens (including phenoxy) is 3. The summed E-state index contributed by atoms with van der Waals surface area (Å²) < 4.78 is 14.8. The fourth-order valence-electron chi connectivity index (χ4n) is 2.83. The molecule has 188 valence electrons. The predicted molar refractivity (Wildman–Crippen MR) is 120 cm³/mol. The second kappa shape index (κ2) is 14.3. The van der Waals surface area contributed by atoms with Gasteiger partial charge in [0.2, 0.25) is 17.7 Å². The number of nitrogens with two attached hydrogens (primary N) is 1. The van der Waals surface area contributed by atoms with Gasteiger partial charge in [-0.05, 0) is 30.0 Å². The molecule has 0 saturated heterocycles. The van der Waals surface area contributed by atoms with E-state index in [4.69, 9.17) is 15.2 Å². The van der Waals surface area contributed by atoms with E-state index >= 15 is 0 Å². The van der Waals surface area contributed by atoms with Crippen LogP contribution in [0.3, 0.4) is 0 Å². The second-order valence-electron chi connectivity index (χ2n) is 7.78. The fourth-order valence-corrected chi connectivity index (χ4v) is 2.83. The van der Waals surface area contributed by atoms with Crippen molar-refractivity contribution in [3.8, 4) is 5.75 Å². The number of hydrogen-bond donors (Lipinski definition) is 4. The van der Waals surface area contributed by atoms with Gasteiger partial charge in [-0.1, -0.05) is 26.0 Å². The number of amides is 4. The third-order valence-corrected chi connectivity index (χ3v) is 4.49. The smallest absolute Gasteiger partial charge is 0.407 e. The zero-order chi connectivity index (χ0) is 25.7. The Morgan fingerprint density at radius 3 is 2.15 bits per heavy atom. The average Bonchev–Trinajstić information content (AvgIpc) is 2.79. The van der Waals surface area contributed by atoms with Crippen molar-refractivity contribution in [2.24, 2.45) is 11.7 Å². The summed E-state index contributed by atoms with van der Waals surface area (Å²) in [5.74, 6) is -2.34. The highest BCUT2D eigenvalue weighted by atomic mass is 16.5. The van der Waals surface area contributed by atoms with Crippen LogP contribution in [0.1, 0.15) is 32.3 Å². The molecule has 1 aromatic carbocycles. The maximum atomic E-state index is 12.6. The quantitative estimate of drug-likeness (QED) is 0.285. The number of alkyl carbamates (subject to hydrolysis) is 1. The van der Waals surface area contributed by atoms with E-state index < -0.39 is 54.8 Å². The van der Waals surface area contributed by atoms with Crippen LogP contribution in [0.15, 0.2) is 24.3 Å². The maximum absolute atomic E-state index is 12.6. The summed E-state index contributed by atoms with van der Waals surface area (Å²) in [7, 11) is 2.72. The summed E-state index contributed by atoms with van der Waals surface area (Å²) in [6.07, 6.45) is -1.07. The molecule has 0 aliphatic heterocycles. The van der Waals surface area contributed by atoms with Crippen molar-refractivity contribution in [2.45, 2.75) is 45.4 Å². The maximum Gasteiger partial charge on any atom is 0.407 e. The molecule has 2 atom stereocenters. The van der Waals surface area contributed by atoms with Crippen LogP contribution in [0.25, 0.3) is 0 Å². The van der Waals surface area contributed by atoms with E-state index in [-0.39, 0.29) is 18.9 Å². The van der Waals surface area contributed by atoms with Crippen molar-refractivity contribution in [3.63, 3.8) is 0 Å². The molecule has 34 heavy (non-hydrogen) atoms. The molecule has 0 aromatic heterocycles. The van der Waals surface area contributed by atoms with E-state index in [1.165, 1.54) is 14.2 Å². The van der Waals surface area contributed by atoms with E-state index in [1.54, 1.807) is 24.3 Å². The first kappa shape index (κ1) is 28.2. The molecule has 0 aliphatic rings. The monoisotopic (exact) mass is 480 g/mol. The largest absolute Gasteiger partial charge is 0.497 e. The zero-order valence-electron chi connectivity index (χ0n) is 19.7. The molecule has 5 N–H and O–H groups in total. The molecule has 1 aromatic rings. The lowest BCUT2D eigenvalue weighted by atomic mass is 10.0. The Morgan fingerprint density at radius 1 is 0.971 bits per heavy atom. The average molecular weight is 481 g/mol. The molecule has 0 radical (unpaired) electrons. The number of methoxy groups -OCH3 is 2. The Bertz CT molecular complexity index is 857. The molecular formula is C22H32N4O8. The van der Waals surface area contributed by atoms with Crippen LogP contribution in [-0.2, 0) is 35.3 Å². The lowest BCUT2D eigenvalue weighted by Gasteiger charge is -2.22. The van der Waals surface area contributed by atoms with Gasteiger partial charge in [0.05, 0.1) is 20.6 Å². The van der Waals surface area contributed by atoms with Crippen molar-refractivity contribution >= 4 is 29.8 Å². The minimum Gasteiger partial charge on any atom is -0.497 e. The Hall–Kier alpha value is -3.83. The standard InChI is InChI=1S/C22H32N4O8/c1-13(2)9-17(21(30)33-4)26-20(29)16(10-18(23)27)25-19(28)11-24-22(31)34-12-14-5-7-15(32-3)8-6-14/h5-8,13,16-17H,9-12H2,1-4H3,(H2,23,27)(H,24,31)(H,25,28)(H,26,29). The van der Waals surface area contributed by atoms with E-state index in [1.807, 2.05) is 13.8 Å². The topological polar surface area (TPSA) is 175 Å². The van der Waals surface area contributed by atoms with Gasteiger partial charge in [-0.25, -0.2) is 9.59 Å². The lowest BCUT2D eigenvalue weighted by Crippen LogP contribution is -2.54. The van der Waals surface area contributed by atoms with Gasteiger partial charge in [0, 0.05) is 0 Å². The number of carbonyl (C=O) groups is 5. The van der Waals surface area contributed by atoms with Gasteiger partial charge in [0.15, 0.2) is 0 Å². The van der Waals surface area contributed by atoms with Crippen LogP contribution < -0.4 is 26.4 Å². The Balaban J connectivity index is 2.61. The van der Waals surface area contributed by atoms with Gasteiger partial charge < -0.3 is 35.9 Å². The molecule has 0 heterocycles. The number of primary amides is 1. The Morgan fingerprint density at radius 2 is 1.62 bits per heavy atom. The molecule has 12 nitrogen and oxygen atoms in total. The third-order valence-electron chi connectivity index (χ3n) is 4.49. The molecule has 4 amide bonds. The number of hydrogen-bond acceptors (Lipinski definition) is 8. The SMILES string of the molecule is COC(=O)C(CC(C)C)NC(=O)C(CC(N)=O)NC(=O)CNC(=O)OCc1ccc(OC)cc1. The molecule has 0 fully saturated rings. The van der Waals surface area contributed by atoms with Gasteiger partial charge in [-0.3, -0.25) is 14.4 Å². The molecule has 0 aliphatic carbocycles. The fraction of sp³-hybridized carbons (Fsp3) is 0.500. The first-order chi connectivity index (χ1) is 16.0. The highest BCUT2D eigenvalue weighted by Gasteiger charge is 2.29. The molecule has 12 heteroatoms. The summed E-state index contributed by atoms with van der Waals surface area (Å²) in [4.78, 5) is 60.0. The third kappa shape index (κ3) is 10.7. The van der Waals surface area contributed by atoms with E-state index in [0.717, 1.165) is 0 Å². The number of carbonyl (C=O) groups excluding carboxylic acids is 5. The van der Waals surface area contributed by atoms with Gasteiger partial charge in [0.1, 0.15) is 31.0 Å². The number of benzene rings is 1. The van der Waals surface area contributed by atoms with Gasteiger partial charge in [-0.2, -0.15) is 0 Å². The van der Waals surface area contributed by atoms with Crippen LogP contribution in [0.4, 0.5) is 4.79 Å². The predicted octanol–water partition coefficient (Wildman–Crippen LogP) is -0.0145. The van der Waals surface area contributed by atoms with Crippen LogP contribution in [0, 0.1) is 5.92 Å². The first-order valence-electron chi connectivity index (χ1n) is 10.5. The van der Waals surface area contributed by atoms with E-state index in [2.05, 4.69) is 20.7 Å². The lowest BCUT2D eigenvalue weighted by molar-refractivity contribution is -0.145. The normalized spacial score (nSPS) is 12.1. The summed E-state index contributed by atoms with van der Waals surface area (Å²) in [5.41, 5.74) is 5.89. The summed E-state index contributed by atoms with van der Waals surface area (Å²) >= 11 is 0. The highest BCUT2D eigenvalue weighted by molar-refractivity contribution is 5.94. The summed E-state index contributed by atoms with van der Waals surface area (Å²) in [6.45, 7) is 3.15. The summed E-state index contributed by atoms with van der Waals surface area (Å²) in [5, 5.41) is 7.03. The van der Waals surface area contributed by atoms with Crippen molar-refractivity contribution in [2.75, 3.05) is 20.8 Å². The highest BCUT2D eigenvalue weighted by Crippen LogP contribution is 2.12. The molecule has 2 unspecified atom stereocenters. The van der Waals surface area contributed by atoms with Gasteiger partial charge in [0.25, 0.3) is 0 Å². The Kier molecular flexibility index (Phi) is 11.9. The number of rotatable bonds is 13. The van der Waals surface area contributed by atoms with E-state index in [9.17, 15) is 24.0 Å². The van der Waals surface area contributed by atoms with E-state index in [0.29, 0.717) is 11.3 Å². The summed E-state index contributed by atoms with van der Waals surface area (Å²) in [6, 6.07) is 4.54. The van der Waals surface area contributed by atoms with Crippen LogP contribution >= 0.6 is 0 Å². The molecule has 0 spiro atoms. The van der Waals surface area contributed by atoms with Crippen molar-refractivity contribution in [1.82, 2.24) is 16.0 Å².